The zero-order valence-corrected chi connectivity index (χ0v) is 30.7. The van der Waals surface area contributed by atoms with Crippen LogP contribution in [0.5, 0.6) is 11.5 Å². The van der Waals surface area contributed by atoms with Crippen LogP contribution in [0.15, 0.2) is 48.5 Å². The average molecular weight is 683 g/mol. The third kappa shape index (κ3) is 8.80. The summed E-state index contributed by atoms with van der Waals surface area (Å²) in [6.45, 7) is 14.5. The molecule has 5 heteroatoms. The summed E-state index contributed by atoms with van der Waals surface area (Å²) in [6, 6.07) is 15.6. The summed E-state index contributed by atoms with van der Waals surface area (Å²) in [5, 5.41) is 0. The van der Waals surface area contributed by atoms with Crippen LogP contribution in [0.2, 0.25) is 13.3 Å². The number of nitrogens with zero attached hydrogens (tertiary/aromatic N) is 1. The van der Waals surface area contributed by atoms with Crippen LogP contribution < -0.4 is 9.47 Å². The molecule has 0 aliphatic carbocycles. The fourth-order valence-corrected chi connectivity index (χ4v) is 23.6. The van der Waals surface area contributed by atoms with Crippen LogP contribution in [0.25, 0.3) is 3.59 Å². The molecule has 0 N–H and O–H groups in total. The Kier molecular flexibility index (Phi) is 13.3. The Morgan fingerprint density at radius 1 is 0.905 bits per heavy atom. The normalized spacial score (nSPS) is 16.3. The quantitative estimate of drug-likeness (QED) is 0.166. The SMILES string of the molecule is CCC[CH2][Sn]([CH2]CCC)([CH2]CCC)/[C](=C/[C@H]1CCC(=O)N1Cc1ccc(OC)cc1OC)c1ccc(C(C)(C)C)cc1. The van der Waals surface area contributed by atoms with Gasteiger partial charge in [0.15, 0.2) is 0 Å². The molecule has 1 saturated heterocycles. The molecule has 1 atom stereocenters. The molecule has 0 radical (unpaired) electrons. The Hall–Kier alpha value is -1.95. The van der Waals surface area contributed by atoms with Crippen molar-refractivity contribution >= 4 is 27.9 Å². The summed E-state index contributed by atoms with van der Waals surface area (Å²) >= 11 is -2.86. The number of unbranched alkanes of at least 4 members (excludes halogenated alkanes) is 3. The number of likely N-dealkylation sites (tertiary alicyclic amines) is 1. The van der Waals surface area contributed by atoms with Gasteiger partial charge in [-0.3, -0.25) is 0 Å². The summed E-state index contributed by atoms with van der Waals surface area (Å²) in [5.74, 6) is 1.78. The van der Waals surface area contributed by atoms with Gasteiger partial charge in [-0.1, -0.05) is 0 Å². The van der Waals surface area contributed by atoms with E-state index in [-0.39, 0.29) is 17.4 Å². The summed E-state index contributed by atoms with van der Waals surface area (Å²) in [4.78, 5) is 15.5. The van der Waals surface area contributed by atoms with Gasteiger partial charge in [0.2, 0.25) is 0 Å². The molecule has 1 heterocycles. The van der Waals surface area contributed by atoms with Crippen LogP contribution >= 0.6 is 0 Å². The summed E-state index contributed by atoms with van der Waals surface area (Å²) in [7, 11) is 3.36. The van der Waals surface area contributed by atoms with Gasteiger partial charge >= 0.3 is 262 Å². The third-order valence-corrected chi connectivity index (χ3v) is 25.0. The van der Waals surface area contributed by atoms with E-state index in [1.165, 1.54) is 63.0 Å². The Morgan fingerprint density at radius 3 is 2.00 bits per heavy atom. The molecule has 1 aliphatic rings. The predicted molar refractivity (Wildman–Crippen MR) is 181 cm³/mol. The number of carbonyl (C=O) groups excluding carboxylic acids is 1. The van der Waals surface area contributed by atoms with E-state index in [1.807, 2.05) is 18.2 Å². The molecule has 0 spiro atoms. The summed E-state index contributed by atoms with van der Waals surface area (Å²) in [6.07, 6.45) is 11.8. The third-order valence-electron chi connectivity index (χ3n) is 9.23. The molecular weight excluding hydrogens is 625 g/mol. The molecule has 1 amide bonds. The van der Waals surface area contributed by atoms with Crippen LogP contribution in [0.3, 0.4) is 0 Å². The van der Waals surface area contributed by atoms with Crippen molar-refractivity contribution in [3.63, 3.8) is 0 Å². The first-order chi connectivity index (χ1) is 20.1. The van der Waals surface area contributed by atoms with Gasteiger partial charge < -0.3 is 0 Å². The Morgan fingerprint density at radius 2 is 1.50 bits per heavy atom. The number of methoxy groups -OCH3 is 2. The number of hydrogen-bond acceptors (Lipinski definition) is 3. The second-order valence-electron chi connectivity index (χ2n) is 13.3. The number of ether oxygens (including phenoxy) is 2. The zero-order chi connectivity index (χ0) is 30.8. The van der Waals surface area contributed by atoms with Crippen molar-refractivity contribution in [2.24, 2.45) is 0 Å². The molecule has 232 valence electrons. The fraction of sp³-hybridized carbons (Fsp3) is 0.595. The van der Waals surface area contributed by atoms with Gasteiger partial charge in [-0.05, 0) is 0 Å². The average Bonchev–Trinajstić information content (AvgIpc) is 3.33. The Balaban J connectivity index is 2.14. The molecule has 1 fully saturated rings. The van der Waals surface area contributed by atoms with Crippen LogP contribution in [0, 0.1) is 0 Å². The van der Waals surface area contributed by atoms with Crippen LogP contribution in [0.1, 0.15) is 110 Å². The Labute approximate surface area is 261 Å². The molecule has 0 saturated carbocycles. The standard InChI is InChI=1S/C25H30NO3.3C4H9.Sn/c1-25(2,3)20-10-6-18(7-11-20)8-12-21-13-15-24(27)26(21)17-19-9-14-22(28-4)16-23(19)29-5;3*1-3-4-2;/h6-7,9-12,14,16,21H,13,15,17H2,1-5H3;3*1,3-4H2,2H3;/t21-;;;;/m0..../s1. The second kappa shape index (κ2) is 16.2. The van der Waals surface area contributed by atoms with E-state index in [0.29, 0.717) is 13.0 Å². The van der Waals surface area contributed by atoms with Gasteiger partial charge in [-0.15, -0.1) is 0 Å². The number of hydrogen-bond donors (Lipinski definition) is 0. The van der Waals surface area contributed by atoms with Crippen LogP contribution in [0.4, 0.5) is 0 Å². The van der Waals surface area contributed by atoms with Crippen molar-refractivity contribution in [3.8, 4) is 11.5 Å². The van der Waals surface area contributed by atoms with Crippen molar-refractivity contribution in [2.75, 3.05) is 14.2 Å². The van der Waals surface area contributed by atoms with Crippen LogP contribution in [-0.4, -0.2) is 49.4 Å². The Bertz CT molecular complexity index is 1140. The van der Waals surface area contributed by atoms with Gasteiger partial charge in [0.25, 0.3) is 0 Å². The van der Waals surface area contributed by atoms with Gasteiger partial charge in [-0.2, -0.15) is 0 Å². The zero-order valence-electron chi connectivity index (χ0n) is 27.9. The van der Waals surface area contributed by atoms with E-state index in [1.54, 1.807) is 17.8 Å². The van der Waals surface area contributed by atoms with Crippen molar-refractivity contribution < 1.29 is 14.3 Å². The first-order valence-electron chi connectivity index (χ1n) is 16.5. The van der Waals surface area contributed by atoms with Crippen molar-refractivity contribution in [2.45, 2.75) is 124 Å². The molecule has 0 bridgehead atoms. The summed E-state index contributed by atoms with van der Waals surface area (Å²) in [5.41, 5.74) is 3.96. The van der Waals surface area contributed by atoms with E-state index < -0.39 is 18.4 Å². The first-order valence-corrected chi connectivity index (χ1v) is 23.9. The van der Waals surface area contributed by atoms with Gasteiger partial charge in [-0.25, -0.2) is 0 Å². The van der Waals surface area contributed by atoms with E-state index in [0.717, 1.165) is 23.5 Å². The van der Waals surface area contributed by atoms with E-state index in [9.17, 15) is 4.79 Å². The number of benzene rings is 2. The van der Waals surface area contributed by atoms with Gasteiger partial charge in [0.05, 0.1) is 0 Å². The fourth-order valence-electron chi connectivity index (χ4n) is 6.55. The molecule has 0 aromatic heterocycles. The number of carbonyl (C=O) groups is 1. The van der Waals surface area contributed by atoms with E-state index in [2.05, 4.69) is 76.8 Å². The van der Waals surface area contributed by atoms with Crippen LogP contribution in [-0.2, 0) is 16.8 Å². The van der Waals surface area contributed by atoms with E-state index in [4.69, 9.17) is 9.47 Å². The molecule has 1 aliphatic heterocycles. The molecule has 42 heavy (non-hydrogen) atoms. The minimum absolute atomic E-state index is 0.113. The predicted octanol–water partition coefficient (Wildman–Crippen LogP) is 9.96. The molecule has 0 unspecified atom stereocenters. The topological polar surface area (TPSA) is 38.8 Å². The first kappa shape index (κ1) is 34.5. The summed E-state index contributed by atoms with van der Waals surface area (Å²) < 4.78 is 17.0. The van der Waals surface area contributed by atoms with Crippen molar-refractivity contribution in [3.05, 3.63) is 65.2 Å². The van der Waals surface area contributed by atoms with E-state index >= 15 is 0 Å². The molecule has 2 aromatic carbocycles. The number of rotatable bonds is 16. The number of amides is 1. The van der Waals surface area contributed by atoms with Gasteiger partial charge in [0, 0.05) is 0 Å². The molecular formula is C37H57NO3Sn. The monoisotopic (exact) mass is 683 g/mol. The van der Waals surface area contributed by atoms with Crippen molar-refractivity contribution in [1.82, 2.24) is 4.90 Å². The molecule has 3 rings (SSSR count). The maximum atomic E-state index is 13.4. The minimum atomic E-state index is -2.86. The molecule has 4 nitrogen and oxygen atoms in total. The molecule has 2 aromatic rings. The van der Waals surface area contributed by atoms with Gasteiger partial charge in [0.1, 0.15) is 0 Å². The maximum absolute atomic E-state index is 13.4. The van der Waals surface area contributed by atoms with Crippen molar-refractivity contribution in [1.29, 1.82) is 0 Å². The second-order valence-corrected chi connectivity index (χ2v) is 26.4.